The van der Waals surface area contributed by atoms with Gasteiger partial charge in [0.1, 0.15) is 11.9 Å². The molecule has 3 heterocycles. The van der Waals surface area contributed by atoms with Gasteiger partial charge in [-0.25, -0.2) is 9.97 Å². The molecule has 0 aromatic carbocycles. The molecule has 0 aliphatic carbocycles. The fourth-order valence-electron chi connectivity index (χ4n) is 1.89. The van der Waals surface area contributed by atoms with Crippen molar-refractivity contribution in [1.82, 2.24) is 19.3 Å². The zero-order chi connectivity index (χ0) is 17.8. The van der Waals surface area contributed by atoms with Crippen LogP contribution < -0.4 is 10.1 Å². The van der Waals surface area contributed by atoms with Gasteiger partial charge in [0.15, 0.2) is 17.4 Å². The van der Waals surface area contributed by atoms with Crippen molar-refractivity contribution in [1.29, 1.82) is 0 Å². The third-order valence-corrected chi connectivity index (χ3v) is 4.21. The number of rotatable bonds is 6. The normalized spacial score (nSPS) is 12.0. The van der Waals surface area contributed by atoms with Crippen LogP contribution in [0.25, 0.3) is 0 Å². The second-order valence-corrected chi connectivity index (χ2v) is 6.64. The number of aromatic nitrogens is 4. The molecule has 0 radical (unpaired) electrons. The van der Waals surface area contributed by atoms with Crippen molar-refractivity contribution in [2.24, 2.45) is 0 Å². The molecule has 0 aliphatic rings. The number of anilines is 2. The summed E-state index contributed by atoms with van der Waals surface area (Å²) in [6.07, 6.45) is 2.20. The smallest absolute Gasteiger partial charge is 0.208 e. The number of pyridine rings is 2. The van der Waals surface area contributed by atoms with Crippen LogP contribution in [-0.4, -0.2) is 36.1 Å². The largest absolute Gasteiger partial charge is 0.452 e. The molecule has 3 aromatic rings. The summed E-state index contributed by atoms with van der Waals surface area (Å²) in [4.78, 5) is 12.6. The summed E-state index contributed by atoms with van der Waals surface area (Å²) < 4.78 is 10.7. The molecule has 3 N–H and O–H groups in total. The molecule has 1 atom stereocenters. The number of aliphatic hydroxyl groups excluding tert-OH is 2. The van der Waals surface area contributed by atoms with E-state index in [1.165, 1.54) is 0 Å². The Kier molecular flexibility index (Phi) is 5.53. The lowest BCUT2D eigenvalue weighted by Crippen LogP contribution is -2.04. The molecular weight excluding hydrogens is 410 g/mol. The summed E-state index contributed by atoms with van der Waals surface area (Å²) in [5.74, 6) is 1.68. The first-order valence-electron chi connectivity index (χ1n) is 7.21. The molecule has 0 saturated heterocycles. The maximum Gasteiger partial charge on any atom is 0.208 e. The highest BCUT2D eigenvalue weighted by Crippen LogP contribution is 2.33. The molecule has 1 unspecified atom stereocenters. The third kappa shape index (κ3) is 4.28. The summed E-state index contributed by atoms with van der Waals surface area (Å²) >= 11 is 4.42. The van der Waals surface area contributed by atoms with E-state index in [-0.39, 0.29) is 5.82 Å². The van der Waals surface area contributed by atoms with Gasteiger partial charge >= 0.3 is 0 Å². The van der Waals surface area contributed by atoms with Gasteiger partial charge in [-0.1, -0.05) is 0 Å². The van der Waals surface area contributed by atoms with Crippen molar-refractivity contribution >= 4 is 38.4 Å². The molecule has 3 rings (SSSR count). The Morgan fingerprint density at radius 2 is 2.20 bits per heavy atom. The first kappa shape index (κ1) is 17.7. The van der Waals surface area contributed by atoms with E-state index in [0.717, 1.165) is 21.7 Å². The second kappa shape index (κ2) is 7.83. The highest BCUT2D eigenvalue weighted by molar-refractivity contribution is 9.10. The average molecular weight is 424 g/mol. The van der Waals surface area contributed by atoms with Crippen LogP contribution in [0.3, 0.4) is 0 Å². The molecule has 3 aromatic heterocycles. The van der Waals surface area contributed by atoms with E-state index in [1.807, 2.05) is 13.0 Å². The van der Waals surface area contributed by atoms with Crippen LogP contribution in [0, 0.1) is 6.92 Å². The standard InChI is InChI=1S/C15H14BrN5O3S/c1-8-11(3-2-4-17-8)24-12-5-9(16)6-18-14(12)20-15-19-13(21-25-15)10(23)7-22/h2-6,10,22-23H,7H2,1H3,(H,18,19,20,21). The summed E-state index contributed by atoms with van der Waals surface area (Å²) in [6, 6.07) is 5.37. The SMILES string of the molecule is Cc1ncccc1Oc1cc(Br)cnc1Nc1nc(C(O)CO)ns1. The Labute approximate surface area is 155 Å². The van der Waals surface area contributed by atoms with Gasteiger partial charge in [-0.3, -0.25) is 4.98 Å². The number of nitrogens with one attached hydrogen (secondary N) is 1. The average Bonchev–Trinajstić information content (AvgIpc) is 3.07. The topological polar surface area (TPSA) is 113 Å². The highest BCUT2D eigenvalue weighted by atomic mass is 79.9. The van der Waals surface area contributed by atoms with Crippen LogP contribution in [-0.2, 0) is 0 Å². The number of hydrogen-bond acceptors (Lipinski definition) is 9. The minimum Gasteiger partial charge on any atom is -0.452 e. The highest BCUT2D eigenvalue weighted by Gasteiger charge is 2.15. The van der Waals surface area contributed by atoms with E-state index in [9.17, 15) is 5.11 Å². The summed E-state index contributed by atoms with van der Waals surface area (Å²) in [5.41, 5.74) is 0.748. The van der Waals surface area contributed by atoms with E-state index in [1.54, 1.807) is 24.5 Å². The van der Waals surface area contributed by atoms with Gasteiger partial charge in [0.05, 0.1) is 12.3 Å². The predicted molar refractivity (Wildman–Crippen MR) is 96.2 cm³/mol. The molecule has 25 heavy (non-hydrogen) atoms. The summed E-state index contributed by atoms with van der Waals surface area (Å²) in [6.45, 7) is 1.41. The number of hydrogen-bond donors (Lipinski definition) is 3. The van der Waals surface area contributed by atoms with Crippen LogP contribution in [0.2, 0.25) is 0 Å². The summed E-state index contributed by atoms with van der Waals surface area (Å²) in [5, 5.41) is 22.0. The first-order valence-corrected chi connectivity index (χ1v) is 8.78. The van der Waals surface area contributed by atoms with Crippen molar-refractivity contribution in [3.8, 4) is 11.5 Å². The van der Waals surface area contributed by atoms with Gasteiger partial charge in [-0.2, -0.15) is 4.37 Å². The van der Waals surface area contributed by atoms with Crippen LogP contribution in [0.4, 0.5) is 10.9 Å². The fraction of sp³-hybridized carbons (Fsp3) is 0.200. The quantitative estimate of drug-likeness (QED) is 0.554. The van der Waals surface area contributed by atoms with E-state index in [0.29, 0.717) is 22.4 Å². The van der Waals surface area contributed by atoms with E-state index < -0.39 is 12.7 Å². The molecule has 0 saturated carbocycles. The lowest BCUT2D eigenvalue weighted by molar-refractivity contribution is 0.0897. The predicted octanol–water partition coefficient (Wildman–Crippen LogP) is 2.96. The van der Waals surface area contributed by atoms with E-state index in [4.69, 9.17) is 9.84 Å². The van der Waals surface area contributed by atoms with Crippen LogP contribution in [0.5, 0.6) is 11.5 Å². The fourth-order valence-corrected chi connectivity index (χ4v) is 2.82. The Balaban J connectivity index is 1.86. The number of halogens is 1. The lowest BCUT2D eigenvalue weighted by Gasteiger charge is -2.12. The van der Waals surface area contributed by atoms with Gasteiger partial charge in [0.2, 0.25) is 5.13 Å². The number of aliphatic hydroxyl groups is 2. The first-order chi connectivity index (χ1) is 12.1. The Morgan fingerprint density at radius 1 is 1.36 bits per heavy atom. The van der Waals surface area contributed by atoms with Crippen molar-refractivity contribution in [3.63, 3.8) is 0 Å². The van der Waals surface area contributed by atoms with Gasteiger partial charge in [-0.05, 0) is 35.0 Å². The number of nitrogens with zero attached hydrogens (tertiary/aromatic N) is 4. The van der Waals surface area contributed by atoms with Crippen LogP contribution >= 0.6 is 27.5 Å². The number of aryl methyl sites for hydroxylation is 1. The minimum atomic E-state index is -1.11. The van der Waals surface area contributed by atoms with Crippen molar-refractivity contribution in [2.75, 3.05) is 11.9 Å². The molecule has 0 aliphatic heterocycles. The molecule has 0 amide bonds. The Morgan fingerprint density at radius 3 is 2.96 bits per heavy atom. The molecule has 130 valence electrons. The second-order valence-electron chi connectivity index (χ2n) is 4.97. The minimum absolute atomic E-state index is 0.151. The maximum absolute atomic E-state index is 9.58. The lowest BCUT2D eigenvalue weighted by atomic mass is 10.3. The van der Waals surface area contributed by atoms with Crippen LogP contribution in [0.1, 0.15) is 17.6 Å². The van der Waals surface area contributed by atoms with Crippen molar-refractivity contribution < 1.29 is 14.9 Å². The molecule has 8 nitrogen and oxygen atoms in total. The number of ether oxygens (including phenoxy) is 1. The molecular formula is C15H14BrN5O3S. The third-order valence-electron chi connectivity index (χ3n) is 3.14. The van der Waals surface area contributed by atoms with Gasteiger partial charge in [0, 0.05) is 34.5 Å². The maximum atomic E-state index is 9.58. The van der Waals surface area contributed by atoms with Crippen LogP contribution in [0.15, 0.2) is 35.1 Å². The monoisotopic (exact) mass is 423 g/mol. The molecule has 0 bridgehead atoms. The zero-order valence-electron chi connectivity index (χ0n) is 13.0. The Bertz CT molecular complexity index is 876. The van der Waals surface area contributed by atoms with Gasteiger partial charge in [0.25, 0.3) is 0 Å². The summed E-state index contributed by atoms with van der Waals surface area (Å²) in [7, 11) is 0. The van der Waals surface area contributed by atoms with E-state index in [2.05, 4.69) is 40.6 Å². The molecule has 0 fully saturated rings. The van der Waals surface area contributed by atoms with Crippen molar-refractivity contribution in [3.05, 3.63) is 46.6 Å². The van der Waals surface area contributed by atoms with Gasteiger partial charge < -0.3 is 20.3 Å². The Hall–Kier alpha value is -2.14. The van der Waals surface area contributed by atoms with Crippen molar-refractivity contribution in [2.45, 2.75) is 13.0 Å². The zero-order valence-corrected chi connectivity index (χ0v) is 15.5. The molecule has 0 spiro atoms. The van der Waals surface area contributed by atoms with Gasteiger partial charge in [-0.15, -0.1) is 0 Å². The van der Waals surface area contributed by atoms with E-state index >= 15 is 0 Å². The molecule has 10 heteroatoms.